The van der Waals surface area contributed by atoms with E-state index in [1.54, 1.807) is 0 Å². The van der Waals surface area contributed by atoms with Gasteiger partial charge in [0.1, 0.15) is 6.61 Å². The average Bonchev–Trinajstić information content (AvgIpc) is 1.72. The topological polar surface area (TPSA) is 22.0 Å². The van der Waals surface area contributed by atoms with Crippen LogP contribution in [0.5, 0.6) is 0 Å². The van der Waals surface area contributed by atoms with E-state index in [2.05, 4.69) is 4.43 Å². The van der Waals surface area contributed by atoms with Crippen LogP contribution in [0.25, 0.3) is 0 Å². The van der Waals surface area contributed by atoms with Crippen LogP contribution in [-0.4, -0.2) is 27.6 Å². The molecule has 0 bridgehead atoms. The maximum absolute atomic E-state index is 4.93. The Morgan fingerprint density at radius 3 is 2.83 bits per heavy atom. The minimum absolute atomic E-state index is 0.427. The van der Waals surface area contributed by atoms with E-state index < -0.39 is 0 Å². The molecule has 1 aliphatic rings. The monoisotopic (exact) mass is 103 g/mol. The van der Waals surface area contributed by atoms with Crippen LogP contribution in [0.1, 0.15) is 6.42 Å². The quantitative estimate of drug-likeness (QED) is 0.298. The third-order valence-electron chi connectivity index (χ3n) is 0.645. The van der Waals surface area contributed by atoms with Crippen molar-refractivity contribution in [1.82, 2.24) is 0 Å². The maximum atomic E-state index is 4.93. The van der Waals surface area contributed by atoms with E-state index in [-0.39, 0.29) is 0 Å². The first-order valence-electron chi connectivity index (χ1n) is 2.03. The van der Waals surface area contributed by atoms with Gasteiger partial charge in [0, 0.05) is 13.0 Å². The van der Waals surface area contributed by atoms with Crippen LogP contribution >= 0.6 is 0 Å². The summed E-state index contributed by atoms with van der Waals surface area (Å²) >= 11 is 0. The van der Waals surface area contributed by atoms with Gasteiger partial charge in [-0.3, -0.25) is 0 Å². The molecule has 0 atom stereocenters. The normalized spacial score (nSPS) is 24.0. The second-order valence-electron chi connectivity index (χ2n) is 1.18. The summed E-state index contributed by atoms with van der Waals surface area (Å²) in [6.07, 6.45) is 1.12. The predicted molar refractivity (Wildman–Crippen MR) is 23.4 cm³/mol. The zero-order chi connectivity index (χ0) is 4.24. The standard InChI is InChI=1S/C3H7O2Si/c1-2-4-6-5-3-1/h4H,1-3H2/q+1. The van der Waals surface area contributed by atoms with E-state index >= 15 is 0 Å². The van der Waals surface area contributed by atoms with Crippen LogP contribution in [0.15, 0.2) is 0 Å². The molecule has 0 spiro atoms. The van der Waals surface area contributed by atoms with Crippen LogP contribution in [0.4, 0.5) is 0 Å². The van der Waals surface area contributed by atoms with Gasteiger partial charge in [0.05, 0.1) is 0 Å². The van der Waals surface area contributed by atoms with Gasteiger partial charge < -0.3 is 8.85 Å². The first kappa shape index (κ1) is 4.30. The molecule has 0 unspecified atom stereocenters. The zero-order valence-corrected chi connectivity index (χ0v) is 4.48. The third-order valence-corrected chi connectivity index (χ3v) is 1.33. The van der Waals surface area contributed by atoms with Gasteiger partial charge in [-0.05, 0) is 0 Å². The van der Waals surface area contributed by atoms with E-state index in [0.29, 0.717) is 10.0 Å². The molecule has 34 valence electrons. The molecular weight excluding hydrogens is 96.1 g/mol. The van der Waals surface area contributed by atoms with Gasteiger partial charge in [-0.2, -0.15) is 0 Å². The lowest BCUT2D eigenvalue weighted by molar-refractivity contribution is 0.0456. The smallest absolute Gasteiger partial charge is 0.502 e. The molecule has 1 heterocycles. The SMILES string of the molecule is C1CO[Si][OH+]C1. The second-order valence-corrected chi connectivity index (χ2v) is 1.96. The van der Waals surface area contributed by atoms with Crippen molar-refractivity contribution in [2.24, 2.45) is 0 Å². The lowest BCUT2D eigenvalue weighted by Gasteiger charge is -2.02. The summed E-state index contributed by atoms with van der Waals surface area (Å²) < 4.78 is 8.91. The molecule has 1 N–H and O–H groups in total. The Balaban J connectivity index is 2.00. The van der Waals surface area contributed by atoms with Crippen molar-refractivity contribution in [1.29, 1.82) is 0 Å². The fraction of sp³-hybridized carbons (Fsp3) is 1.00. The van der Waals surface area contributed by atoms with E-state index in [9.17, 15) is 0 Å². The lowest BCUT2D eigenvalue weighted by atomic mass is 10.5. The Morgan fingerprint density at radius 1 is 1.67 bits per heavy atom. The summed E-state index contributed by atoms with van der Waals surface area (Å²) in [5.41, 5.74) is 0. The van der Waals surface area contributed by atoms with Gasteiger partial charge in [0.2, 0.25) is 0 Å². The lowest BCUT2D eigenvalue weighted by Crippen LogP contribution is -2.18. The van der Waals surface area contributed by atoms with Crippen LogP contribution in [0.2, 0.25) is 0 Å². The number of hydrogen-bond acceptors (Lipinski definition) is 1. The molecule has 2 radical (unpaired) electrons. The largest absolute Gasteiger partial charge is 0.760 e. The summed E-state index contributed by atoms with van der Waals surface area (Å²) in [7, 11) is 0.427. The van der Waals surface area contributed by atoms with Crippen LogP contribution in [0, 0.1) is 0 Å². The minimum atomic E-state index is 0.427. The molecule has 0 aromatic heterocycles. The summed E-state index contributed by atoms with van der Waals surface area (Å²) in [4.78, 5) is 0. The predicted octanol–water partition coefficient (Wildman–Crippen LogP) is -0.531. The fourth-order valence-electron chi connectivity index (χ4n) is 0.353. The van der Waals surface area contributed by atoms with Gasteiger partial charge >= 0.3 is 10.0 Å². The van der Waals surface area contributed by atoms with Crippen molar-refractivity contribution in [3.05, 3.63) is 0 Å². The van der Waals surface area contributed by atoms with Gasteiger partial charge in [0.15, 0.2) is 0 Å². The Hall–Kier alpha value is 0.137. The zero-order valence-electron chi connectivity index (χ0n) is 3.48. The van der Waals surface area contributed by atoms with Crippen LogP contribution < -0.4 is 0 Å². The third kappa shape index (κ3) is 1.08. The minimum Gasteiger partial charge on any atom is -0.502 e. The summed E-state index contributed by atoms with van der Waals surface area (Å²) in [6.45, 7) is 1.93. The van der Waals surface area contributed by atoms with Crippen molar-refractivity contribution < 1.29 is 8.85 Å². The molecule has 0 aromatic rings. The number of aliphatic hydroxyl groups is 1. The molecule has 2 nitrogen and oxygen atoms in total. The van der Waals surface area contributed by atoms with Crippen molar-refractivity contribution >= 4 is 10.0 Å². The van der Waals surface area contributed by atoms with Crippen molar-refractivity contribution in [3.8, 4) is 0 Å². The summed E-state index contributed by atoms with van der Waals surface area (Å²) in [5.74, 6) is 0. The first-order valence-corrected chi connectivity index (χ1v) is 2.89. The highest BCUT2D eigenvalue weighted by Crippen LogP contribution is 1.86. The van der Waals surface area contributed by atoms with E-state index in [0.717, 1.165) is 19.6 Å². The summed E-state index contributed by atoms with van der Waals surface area (Å²) in [5, 5.41) is 0. The Labute approximate surface area is 39.5 Å². The molecule has 0 aromatic carbocycles. The second kappa shape index (κ2) is 2.33. The highest BCUT2D eigenvalue weighted by Gasteiger charge is 2.08. The van der Waals surface area contributed by atoms with E-state index in [1.165, 1.54) is 0 Å². The average molecular weight is 103 g/mol. The molecule has 0 amide bonds. The Bertz CT molecular complexity index is 24.3. The maximum Gasteiger partial charge on any atom is 0.760 e. The van der Waals surface area contributed by atoms with E-state index in [1.807, 2.05) is 0 Å². The highest BCUT2D eigenvalue weighted by atomic mass is 28.3. The van der Waals surface area contributed by atoms with Crippen molar-refractivity contribution in [2.45, 2.75) is 6.42 Å². The Kier molecular flexibility index (Phi) is 1.67. The molecule has 3 heteroatoms. The molecular formula is C3H7O2Si+. The molecule has 6 heavy (non-hydrogen) atoms. The Morgan fingerprint density at radius 2 is 2.67 bits per heavy atom. The first-order chi connectivity index (χ1) is 3.00. The molecule has 1 saturated heterocycles. The molecule has 0 aliphatic carbocycles. The van der Waals surface area contributed by atoms with Gasteiger partial charge in [-0.15, -0.1) is 0 Å². The summed E-state index contributed by atoms with van der Waals surface area (Å²) in [6, 6.07) is 0. The molecule has 1 fully saturated rings. The van der Waals surface area contributed by atoms with Crippen molar-refractivity contribution in [2.75, 3.05) is 13.2 Å². The van der Waals surface area contributed by atoms with Gasteiger partial charge in [-0.25, -0.2) is 0 Å². The number of hydrogen-bond donors (Lipinski definition) is 0. The van der Waals surface area contributed by atoms with E-state index in [4.69, 9.17) is 4.43 Å². The molecule has 0 saturated carbocycles. The molecule has 1 aliphatic heterocycles. The molecule has 1 rings (SSSR count). The van der Waals surface area contributed by atoms with Gasteiger partial charge in [0.25, 0.3) is 0 Å². The van der Waals surface area contributed by atoms with Crippen LogP contribution in [0.3, 0.4) is 0 Å². The fourth-order valence-corrected chi connectivity index (χ4v) is 0.929. The van der Waals surface area contributed by atoms with Crippen molar-refractivity contribution in [3.63, 3.8) is 0 Å². The highest BCUT2D eigenvalue weighted by molar-refractivity contribution is 6.17. The van der Waals surface area contributed by atoms with Crippen LogP contribution in [-0.2, 0) is 4.43 Å². The number of rotatable bonds is 0. The van der Waals surface area contributed by atoms with Gasteiger partial charge in [-0.1, -0.05) is 0 Å².